The van der Waals surface area contributed by atoms with Crippen LogP contribution in [-0.4, -0.2) is 57.8 Å². The summed E-state index contributed by atoms with van der Waals surface area (Å²) in [6.45, 7) is 10.3. The fraction of sp³-hybridized carbons (Fsp3) is 0.941. The van der Waals surface area contributed by atoms with E-state index in [-0.39, 0.29) is 0 Å². The van der Waals surface area contributed by atoms with E-state index in [4.69, 9.17) is 0 Å². The fourth-order valence-electron chi connectivity index (χ4n) is 3.26. The van der Waals surface area contributed by atoms with Gasteiger partial charge in [0.2, 0.25) is 10.0 Å². The molecule has 24 heavy (non-hydrogen) atoms. The molecular formula is C17H36N4O2S. The zero-order valence-electron chi connectivity index (χ0n) is 16.2. The van der Waals surface area contributed by atoms with Gasteiger partial charge in [0.15, 0.2) is 5.96 Å². The maximum atomic E-state index is 11.5. The van der Waals surface area contributed by atoms with Gasteiger partial charge in [0.05, 0.1) is 12.8 Å². The van der Waals surface area contributed by atoms with E-state index in [1.54, 1.807) is 0 Å². The number of aliphatic imine (C=N–C) groups is 1. The highest BCUT2D eigenvalue weighted by Crippen LogP contribution is 2.28. The summed E-state index contributed by atoms with van der Waals surface area (Å²) in [4.78, 5) is 6.84. The van der Waals surface area contributed by atoms with Crippen LogP contribution in [0, 0.1) is 11.8 Å². The van der Waals surface area contributed by atoms with Crippen LogP contribution >= 0.6 is 0 Å². The van der Waals surface area contributed by atoms with Crippen LogP contribution in [0.4, 0.5) is 0 Å². The molecule has 0 bridgehead atoms. The number of nitrogens with one attached hydrogen (secondary N) is 2. The van der Waals surface area contributed by atoms with Crippen LogP contribution in [0.3, 0.4) is 0 Å². The molecule has 0 saturated heterocycles. The minimum Gasteiger partial charge on any atom is -0.357 e. The Morgan fingerprint density at radius 1 is 1.25 bits per heavy atom. The van der Waals surface area contributed by atoms with E-state index in [1.807, 2.05) is 20.8 Å². The summed E-state index contributed by atoms with van der Waals surface area (Å²) < 4.78 is 25.5. The van der Waals surface area contributed by atoms with Crippen LogP contribution in [0.5, 0.6) is 0 Å². The van der Waals surface area contributed by atoms with Crippen LogP contribution in [0.2, 0.25) is 0 Å². The van der Waals surface area contributed by atoms with Crippen LogP contribution < -0.4 is 10.0 Å². The number of rotatable bonds is 7. The second kappa shape index (κ2) is 9.04. The minimum absolute atomic E-state index is 0.397. The zero-order chi connectivity index (χ0) is 18.4. The summed E-state index contributed by atoms with van der Waals surface area (Å²) in [5.74, 6) is 2.42. The van der Waals surface area contributed by atoms with Crippen molar-refractivity contribution in [2.24, 2.45) is 16.8 Å². The predicted molar refractivity (Wildman–Crippen MR) is 102 cm³/mol. The lowest BCUT2D eigenvalue weighted by molar-refractivity contribution is 0.250. The Morgan fingerprint density at radius 2 is 1.83 bits per heavy atom. The average Bonchev–Trinajstić information content (AvgIpc) is 2.43. The van der Waals surface area contributed by atoms with Gasteiger partial charge in [-0.2, -0.15) is 0 Å². The second-order valence-corrected chi connectivity index (χ2v) is 9.68. The molecule has 0 aromatic heterocycles. The summed E-state index contributed by atoms with van der Waals surface area (Å²) in [6.07, 6.45) is 6.38. The molecule has 0 aromatic carbocycles. The molecule has 1 rings (SSSR count). The largest absolute Gasteiger partial charge is 0.357 e. The maximum absolute atomic E-state index is 11.5. The van der Waals surface area contributed by atoms with Gasteiger partial charge in [0.25, 0.3) is 0 Å². The Kier molecular flexibility index (Phi) is 7.99. The molecule has 0 unspecified atom stereocenters. The number of sulfonamides is 1. The first-order chi connectivity index (χ1) is 11.0. The second-order valence-electron chi connectivity index (χ2n) is 7.93. The van der Waals surface area contributed by atoms with Crippen molar-refractivity contribution in [2.75, 3.05) is 32.9 Å². The molecule has 1 aliphatic carbocycles. The van der Waals surface area contributed by atoms with E-state index in [1.165, 1.54) is 31.9 Å². The third kappa shape index (κ3) is 8.33. The van der Waals surface area contributed by atoms with Gasteiger partial charge >= 0.3 is 0 Å². The Balaban J connectivity index is 2.66. The highest BCUT2D eigenvalue weighted by molar-refractivity contribution is 7.88. The molecule has 1 aliphatic rings. The summed E-state index contributed by atoms with van der Waals surface area (Å²) in [7, 11) is -1.18. The first-order valence-corrected chi connectivity index (χ1v) is 10.9. The quantitative estimate of drug-likeness (QED) is 0.538. The Labute approximate surface area is 148 Å². The van der Waals surface area contributed by atoms with Crippen molar-refractivity contribution in [3.63, 3.8) is 0 Å². The van der Waals surface area contributed by atoms with Crippen LogP contribution in [-0.2, 0) is 10.0 Å². The fourth-order valence-corrected chi connectivity index (χ4v) is 4.33. The van der Waals surface area contributed by atoms with E-state index in [0.29, 0.717) is 6.54 Å². The molecule has 142 valence electrons. The molecule has 0 amide bonds. The highest BCUT2D eigenvalue weighted by atomic mass is 32.2. The summed E-state index contributed by atoms with van der Waals surface area (Å²) >= 11 is 0. The predicted octanol–water partition coefficient (Wildman–Crippen LogP) is 2.04. The number of hydrogen-bond acceptors (Lipinski definition) is 3. The molecule has 0 radical (unpaired) electrons. The Morgan fingerprint density at radius 3 is 2.33 bits per heavy atom. The Hall–Kier alpha value is -0.820. The van der Waals surface area contributed by atoms with E-state index in [2.05, 4.69) is 33.9 Å². The molecule has 6 nitrogen and oxygen atoms in total. The SMILES string of the molecule is CCNC(=NCC(C)(C)NS(C)(=O)=O)N(C)CC1CCC(C)CC1. The van der Waals surface area contributed by atoms with Gasteiger partial charge in [-0.05, 0) is 45.4 Å². The number of nitrogens with zero attached hydrogens (tertiary/aromatic N) is 2. The van der Waals surface area contributed by atoms with Crippen molar-refractivity contribution in [3.8, 4) is 0 Å². The van der Waals surface area contributed by atoms with E-state index in [9.17, 15) is 8.42 Å². The van der Waals surface area contributed by atoms with Crippen LogP contribution in [0.1, 0.15) is 53.4 Å². The molecule has 0 aliphatic heterocycles. The molecule has 0 heterocycles. The van der Waals surface area contributed by atoms with Gasteiger partial charge in [-0.1, -0.05) is 19.8 Å². The molecule has 2 N–H and O–H groups in total. The summed E-state index contributed by atoms with van der Waals surface area (Å²) in [6, 6.07) is 0. The van der Waals surface area contributed by atoms with Crippen molar-refractivity contribution < 1.29 is 8.42 Å². The van der Waals surface area contributed by atoms with Crippen molar-refractivity contribution >= 4 is 16.0 Å². The Bertz CT molecular complexity index is 509. The van der Waals surface area contributed by atoms with Gasteiger partial charge < -0.3 is 10.2 Å². The monoisotopic (exact) mass is 360 g/mol. The van der Waals surface area contributed by atoms with Gasteiger partial charge in [-0.15, -0.1) is 0 Å². The van der Waals surface area contributed by atoms with Gasteiger partial charge in [0.1, 0.15) is 0 Å². The van der Waals surface area contributed by atoms with Crippen molar-refractivity contribution in [1.82, 2.24) is 14.9 Å². The highest BCUT2D eigenvalue weighted by Gasteiger charge is 2.23. The van der Waals surface area contributed by atoms with Crippen molar-refractivity contribution in [3.05, 3.63) is 0 Å². The van der Waals surface area contributed by atoms with E-state index in [0.717, 1.165) is 30.9 Å². The standard InChI is InChI=1S/C17H36N4O2S/c1-7-18-16(19-13-17(3,4)20-24(6,22)23)21(5)12-15-10-8-14(2)9-11-15/h14-15,20H,7-13H2,1-6H3,(H,18,19). The third-order valence-electron chi connectivity index (χ3n) is 4.45. The summed E-state index contributed by atoms with van der Waals surface area (Å²) in [5.41, 5.74) is -0.602. The van der Waals surface area contributed by atoms with E-state index >= 15 is 0 Å². The molecule has 0 aromatic rings. The molecule has 0 spiro atoms. The van der Waals surface area contributed by atoms with E-state index < -0.39 is 15.6 Å². The van der Waals surface area contributed by atoms with Gasteiger partial charge in [-0.3, -0.25) is 4.99 Å². The molecule has 1 fully saturated rings. The normalized spacial score (nSPS) is 23.2. The smallest absolute Gasteiger partial charge is 0.209 e. The lowest BCUT2D eigenvalue weighted by atomic mass is 9.83. The molecule has 0 atom stereocenters. The van der Waals surface area contributed by atoms with Gasteiger partial charge in [0, 0.05) is 25.7 Å². The van der Waals surface area contributed by atoms with Crippen LogP contribution in [0.15, 0.2) is 4.99 Å². The topological polar surface area (TPSA) is 73.8 Å². The zero-order valence-corrected chi connectivity index (χ0v) is 17.0. The molecular weight excluding hydrogens is 324 g/mol. The maximum Gasteiger partial charge on any atom is 0.209 e. The number of guanidine groups is 1. The molecule has 7 heteroatoms. The average molecular weight is 361 g/mol. The lowest BCUT2D eigenvalue weighted by Crippen LogP contribution is -2.47. The molecule has 1 saturated carbocycles. The van der Waals surface area contributed by atoms with Crippen LogP contribution in [0.25, 0.3) is 0 Å². The third-order valence-corrected chi connectivity index (χ3v) is 5.37. The van der Waals surface area contributed by atoms with Crippen molar-refractivity contribution in [1.29, 1.82) is 0 Å². The summed E-state index contributed by atoms with van der Waals surface area (Å²) in [5, 5.41) is 3.31. The lowest BCUT2D eigenvalue weighted by Gasteiger charge is -2.32. The number of hydrogen-bond donors (Lipinski definition) is 2. The van der Waals surface area contributed by atoms with Gasteiger partial charge in [-0.25, -0.2) is 13.1 Å². The minimum atomic E-state index is -3.24. The first-order valence-electron chi connectivity index (χ1n) is 9.01. The van der Waals surface area contributed by atoms with Crippen molar-refractivity contribution in [2.45, 2.75) is 58.9 Å². The first kappa shape index (κ1) is 21.2.